The lowest BCUT2D eigenvalue weighted by atomic mass is 9.90. The highest BCUT2D eigenvalue weighted by Gasteiger charge is 2.14. The molecule has 2 rings (SSSR count). The molecule has 1 aromatic rings. The molecule has 1 fully saturated rings. The van der Waals surface area contributed by atoms with Crippen LogP contribution in [0.15, 0.2) is 12.1 Å². The van der Waals surface area contributed by atoms with E-state index in [4.69, 9.17) is 5.73 Å². The number of hydrogen-bond donors (Lipinski definition) is 2. The van der Waals surface area contributed by atoms with Gasteiger partial charge in [-0.1, -0.05) is 6.07 Å². The monoisotopic (exact) mass is 205 g/mol. The highest BCUT2D eigenvalue weighted by Crippen LogP contribution is 2.19. The maximum atomic E-state index is 5.64. The summed E-state index contributed by atoms with van der Waals surface area (Å²) in [6.07, 6.45) is 3.72. The molecule has 15 heavy (non-hydrogen) atoms. The topological polar surface area (TPSA) is 50.9 Å². The number of piperidine rings is 1. The fourth-order valence-corrected chi connectivity index (χ4v) is 2.22. The molecule has 0 spiro atoms. The van der Waals surface area contributed by atoms with Gasteiger partial charge in [0, 0.05) is 5.69 Å². The summed E-state index contributed by atoms with van der Waals surface area (Å²) in [7, 11) is 0. The van der Waals surface area contributed by atoms with Gasteiger partial charge in [-0.3, -0.25) is 0 Å². The van der Waals surface area contributed by atoms with Crippen molar-refractivity contribution >= 4 is 5.82 Å². The Balaban J connectivity index is 2.03. The number of aryl methyl sites for hydroxylation is 1. The smallest absolute Gasteiger partial charge is 0.123 e. The van der Waals surface area contributed by atoms with Gasteiger partial charge in [0.1, 0.15) is 5.82 Å². The molecule has 1 aliphatic heterocycles. The van der Waals surface area contributed by atoms with Crippen molar-refractivity contribution in [1.29, 1.82) is 0 Å². The van der Waals surface area contributed by atoms with Crippen molar-refractivity contribution in [1.82, 2.24) is 10.3 Å². The van der Waals surface area contributed by atoms with Crippen molar-refractivity contribution in [3.05, 3.63) is 23.4 Å². The van der Waals surface area contributed by atoms with E-state index in [2.05, 4.69) is 16.4 Å². The van der Waals surface area contributed by atoms with E-state index in [0.717, 1.165) is 31.1 Å². The van der Waals surface area contributed by atoms with E-state index < -0.39 is 0 Å². The molecule has 3 heteroatoms. The van der Waals surface area contributed by atoms with Gasteiger partial charge in [0.15, 0.2) is 0 Å². The molecule has 1 saturated heterocycles. The lowest BCUT2D eigenvalue weighted by Gasteiger charge is -2.23. The van der Waals surface area contributed by atoms with Gasteiger partial charge in [-0.2, -0.15) is 0 Å². The van der Waals surface area contributed by atoms with Gasteiger partial charge in [0.2, 0.25) is 0 Å². The Morgan fingerprint density at radius 3 is 2.80 bits per heavy atom. The van der Waals surface area contributed by atoms with Gasteiger partial charge >= 0.3 is 0 Å². The summed E-state index contributed by atoms with van der Waals surface area (Å²) < 4.78 is 0. The van der Waals surface area contributed by atoms with E-state index in [9.17, 15) is 0 Å². The van der Waals surface area contributed by atoms with Gasteiger partial charge in [-0.05, 0) is 56.8 Å². The first-order valence-electron chi connectivity index (χ1n) is 5.68. The van der Waals surface area contributed by atoms with Crippen molar-refractivity contribution in [3.8, 4) is 0 Å². The second-order valence-corrected chi connectivity index (χ2v) is 4.38. The van der Waals surface area contributed by atoms with Crippen LogP contribution in [-0.4, -0.2) is 18.1 Å². The first-order valence-corrected chi connectivity index (χ1v) is 5.68. The minimum absolute atomic E-state index is 0.626. The molecule has 1 aromatic heterocycles. The van der Waals surface area contributed by atoms with E-state index in [1.165, 1.54) is 18.4 Å². The van der Waals surface area contributed by atoms with Crippen LogP contribution in [0.3, 0.4) is 0 Å². The summed E-state index contributed by atoms with van der Waals surface area (Å²) in [6.45, 7) is 4.37. The summed E-state index contributed by atoms with van der Waals surface area (Å²) in [5.41, 5.74) is 8.09. The number of rotatable bonds is 2. The number of nitrogen functional groups attached to an aromatic ring is 1. The average molecular weight is 205 g/mol. The van der Waals surface area contributed by atoms with Crippen LogP contribution in [0, 0.1) is 12.8 Å². The number of anilines is 1. The van der Waals surface area contributed by atoms with Crippen molar-refractivity contribution in [2.45, 2.75) is 26.2 Å². The highest BCUT2D eigenvalue weighted by atomic mass is 14.9. The summed E-state index contributed by atoms with van der Waals surface area (Å²) in [5.74, 6) is 1.44. The van der Waals surface area contributed by atoms with Crippen molar-refractivity contribution in [2.75, 3.05) is 18.8 Å². The largest absolute Gasteiger partial charge is 0.384 e. The van der Waals surface area contributed by atoms with Gasteiger partial charge in [0.05, 0.1) is 0 Å². The number of nitrogens with zero attached hydrogens (tertiary/aromatic N) is 1. The van der Waals surface area contributed by atoms with E-state index in [-0.39, 0.29) is 0 Å². The zero-order valence-electron chi connectivity index (χ0n) is 9.29. The summed E-state index contributed by atoms with van der Waals surface area (Å²) in [5, 5.41) is 3.39. The fourth-order valence-electron chi connectivity index (χ4n) is 2.22. The second-order valence-electron chi connectivity index (χ2n) is 4.38. The van der Waals surface area contributed by atoms with Crippen LogP contribution in [0.2, 0.25) is 0 Å². The van der Waals surface area contributed by atoms with Crippen molar-refractivity contribution < 1.29 is 0 Å². The maximum absolute atomic E-state index is 5.64. The predicted octanol–water partition coefficient (Wildman–Crippen LogP) is 1.51. The molecule has 2 heterocycles. The quantitative estimate of drug-likeness (QED) is 0.769. The van der Waals surface area contributed by atoms with Gasteiger partial charge in [-0.25, -0.2) is 4.98 Å². The van der Waals surface area contributed by atoms with Crippen LogP contribution >= 0.6 is 0 Å². The van der Waals surface area contributed by atoms with Gasteiger partial charge in [0.25, 0.3) is 0 Å². The molecule has 0 unspecified atom stereocenters. The number of aromatic nitrogens is 1. The first-order chi connectivity index (χ1) is 7.25. The van der Waals surface area contributed by atoms with Crippen LogP contribution in [0.5, 0.6) is 0 Å². The van der Waals surface area contributed by atoms with Crippen LogP contribution < -0.4 is 11.1 Å². The SMILES string of the molecule is Cc1nc(N)ccc1CC1CCNCC1. The third-order valence-corrected chi connectivity index (χ3v) is 3.18. The van der Waals surface area contributed by atoms with Crippen LogP contribution in [0.25, 0.3) is 0 Å². The molecule has 1 aliphatic rings. The molecule has 0 aromatic carbocycles. The Morgan fingerprint density at radius 1 is 1.40 bits per heavy atom. The minimum Gasteiger partial charge on any atom is -0.384 e. The molecule has 0 saturated carbocycles. The van der Waals surface area contributed by atoms with Crippen molar-refractivity contribution in [3.63, 3.8) is 0 Å². The Labute approximate surface area is 91.1 Å². The lowest BCUT2D eigenvalue weighted by molar-refractivity contribution is 0.372. The summed E-state index contributed by atoms with van der Waals surface area (Å²) in [4.78, 5) is 4.30. The standard InChI is InChI=1S/C12H19N3/c1-9-11(2-3-12(13)15-9)8-10-4-6-14-7-5-10/h2-3,10,14H,4-8H2,1H3,(H2,13,15). The molecule has 82 valence electrons. The van der Waals surface area contributed by atoms with Crippen LogP contribution in [-0.2, 0) is 6.42 Å². The van der Waals surface area contributed by atoms with E-state index in [1.807, 2.05) is 13.0 Å². The molecule has 3 nitrogen and oxygen atoms in total. The molecule has 0 bridgehead atoms. The van der Waals surface area contributed by atoms with Crippen LogP contribution in [0.4, 0.5) is 5.82 Å². The Bertz CT molecular complexity index is 330. The van der Waals surface area contributed by atoms with Gasteiger partial charge < -0.3 is 11.1 Å². The third-order valence-electron chi connectivity index (χ3n) is 3.18. The number of nitrogens with two attached hydrogens (primary N) is 1. The maximum Gasteiger partial charge on any atom is 0.123 e. The Kier molecular flexibility index (Phi) is 3.21. The molecular formula is C12H19N3. The predicted molar refractivity (Wildman–Crippen MR) is 62.7 cm³/mol. The van der Waals surface area contributed by atoms with E-state index in [0.29, 0.717) is 5.82 Å². The van der Waals surface area contributed by atoms with Crippen molar-refractivity contribution in [2.24, 2.45) is 5.92 Å². The minimum atomic E-state index is 0.626. The lowest BCUT2D eigenvalue weighted by Crippen LogP contribution is -2.28. The molecule has 0 radical (unpaired) electrons. The summed E-state index contributed by atoms with van der Waals surface area (Å²) >= 11 is 0. The van der Waals surface area contributed by atoms with E-state index >= 15 is 0 Å². The molecule has 3 N–H and O–H groups in total. The average Bonchev–Trinajstić information content (AvgIpc) is 2.24. The van der Waals surface area contributed by atoms with Crippen LogP contribution in [0.1, 0.15) is 24.1 Å². The number of hydrogen-bond acceptors (Lipinski definition) is 3. The highest BCUT2D eigenvalue weighted by molar-refractivity contribution is 5.33. The number of nitrogens with one attached hydrogen (secondary N) is 1. The fraction of sp³-hybridized carbons (Fsp3) is 0.583. The first kappa shape index (κ1) is 10.4. The zero-order valence-corrected chi connectivity index (χ0v) is 9.29. The molecule has 0 aliphatic carbocycles. The summed E-state index contributed by atoms with van der Waals surface area (Å²) in [6, 6.07) is 4.03. The Morgan fingerprint density at radius 2 is 2.13 bits per heavy atom. The molecule has 0 atom stereocenters. The second kappa shape index (κ2) is 4.62. The number of pyridine rings is 1. The molecular weight excluding hydrogens is 186 g/mol. The molecule has 0 amide bonds. The third kappa shape index (κ3) is 2.69. The normalized spacial score (nSPS) is 17.9. The van der Waals surface area contributed by atoms with Gasteiger partial charge in [-0.15, -0.1) is 0 Å². The zero-order chi connectivity index (χ0) is 10.7. The van der Waals surface area contributed by atoms with E-state index in [1.54, 1.807) is 0 Å². The Hall–Kier alpha value is -1.09.